The second-order valence-electron chi connectivity index (χ2n) is 5.83. The Kier molecular flexibility index (Phi) is 6.28. The van der Waals surface area contributed by atoms with Crippen molar-refractivity contribution in [2.45, 2.75) is 11.9 Å². The van der Waals surface area contributed by atoms with Crippen LogP contribution in [0.5, 0.6) is 0 Å². The molecule has 1 N–H and O–H groups in total. The van der Waals surface area contributed by atoms with Gasteiger partial charge in [0.05, 0.1) is 17.9 Å². The zero-order valence-corrected chi connectivity index (χ0v) is 15.1. The average Bonchev–Trinajstić information content (AvgIpc) is 2.57. The molecule has 0 saturated heterocycles. The summed E-state index contributed by atoms with van der Waals surface area (Å²) in [6, 6.07) is 10.7. The lowest BCUT2D eigenvalue weighted by atomic mass is 10.1. The molecule has 0 saturated carbocycles. The third kappa shape index (κ3) is 6.79. The molecule has 0 radical (unpaired) electrons. The van der Waals surface area contributed by atoms with Gasteiger partial charge < -0.3 is 5.32 Å². The highest BCUT2D eigenvalue weighted by molar-refractivity contribution is 7.89. The van der Waals surface area contributed by atoms with Gasteiger partial charge in [0.15, 0.2) is 9.84 Å². The first kappa shape index (κ1) is 20.5. The molecule has 8 heteroatoms. The van der Waals surface area contributed by atoms with Crippen molar-refractivity contribution >= 4 is 15.7 Å². The molecule has 0 aliphatic carbocycles. The van der Waals surface area contributed by atoms with Gasteiger partial charge in [0.1, 0.15) is 0 Å². The summed E-state index contributed by atoms with van der Waals surface area (Å²) in [4.78, 5) is 12.0. The number of alkyl halides is 3. The molecular formula is C19H16F3NO3S. The second kappa shape index (κ2) is 8.27. The monoisotopic (exact) mass is 395 g/mol. The number of hydrogen-bond acceptors (Lipinski definition) is 3. The fraction of sp³-hybridized carbons (Fsp3) is 0.211. The Labute approximate surface area is 155 Å². The van der Waals surface area contributed by atoms with Gasteiger partial charge in [-0.05, 0) is 35.9 Å². The van der Waals surface area contributed by atoms with Crippen LogP contribution in [0.15, 0.2) is 48.5 Å². The Morgan fingerprint density at radius 3 is 2.37 bits per heavy atom. The quantitative estimate of drug-likeness (QED) is 0.810. The van der Waals surface area contributed by atoms with Gasteiger partial charge in [0.25, 0.3) is 5.91 Å². The smallest absolute Gasteiger partial charge is 0.341 e. The van der Waals surface area contributed by atoms with Crippen molar-refractivity contribution in [3.63, 3.8) is 0 Å². The number of sulfone groups is 1. The van der Waals surface area contributed by atoms with Crippen LogP contribution in [0.25, 0.3) is 0 Å². The molecule has 0 aliphatic rings. The van der Waals surface area contributed by atoms with Crippen molar-refractivity contribution in [3.8, 4) is 11.8 Å². The number of halogens is 3. The van der Waals surface area contributed by atoms with Crippen LogP contribution in [0.3, 0.4) is 0 Å². The van der Waals surface area contributed by atoms with Gasteiger partial charge in [-0.25, -0.2) is 8.42 Å². The van der Waals surface area contributed by atoms with E-state index in [1.807, 2.05) is 0 Å². The maximum atomic E-state index is 12.6. The molecule has 4 nitrogen and oxygen atoms in total. The third-order valence-electron chi connectivity index (χ3n) is 3.40. The fourth-order valence-electron chi connectivity index (χ4n) is 2.20. The molecule has 0 fully saturated rings. The number of nitrogens with one attached hydrogen (secondary N) is 1. The second-order valence-corrected chi connectivity index (χ2v) is 7.97. The molecule has 27 heavy (non-hydrogen) atoms. The van der Waals surface area contributed by atoms with Gasteiger partial charge in [0.2, 0.25) is 0 Å². The van der Waals surface area contributed by atoms with Gasteiger partial charge in [-0.15, -0.1) is 0 Å². The first-order chi connectivity index (χ1) is 12.5. The molecule has 0 aliphatic heterocycles. The summed E-state index contributed by atoms with van der Waals surface area (Å²) in [5.41, 5.74) is 0.309. The predicted molar refractivity (Wildman–Crippen MR) is 95.6 cm³/mol. The van der Waals surface area contributed by atoms with Crippen LogP contribution in [-0.4, -0.2) is 27.1 Å². The number of amides is 1. The highest BCUT2D eigenvalue weighted by atomic mass is 32.2. The Morgan fingerprint density at radius 1 is 1.11 bits per heavy atom. The van der Waals surface area contributed by atoms with E-state index in [1.54, 1.807) is 12.1 Å². The minimum absolute atomic E-state index is 0.0415. The van der Waals surface area contributed by atoms with Gasteiger partial charge >= 0.3 is 6.18 Å². The van der Waals surface area contributed by atoms with Crippen LogP contribution in [-0.2, 0) is 21.8 Å². The SMILES string of the molecule is CS(=O)(=O)Cc1ccc(C(=O)NCC#Cc2cccc(C(F)(F)F)c2)cc1. The molecule has 142 valence electrons. The van der Waals surface area contributed by atoms with E-state index in [9.17, 15) is 26.4 Å². The standard InChI is InChI=1S/C19H16F3NO3S/c1-27(25,26)13-15-7-9-16(10-8-15)18(24)23-11-3-5-14-4-2-6-17(12-14)19(20,21)22/h2,4,6-10,12H,11,13H2,1H3,(H,23,24). The minimum atomic E-state index is -4.44. The van der Waals surface area contributed by atoms with Crippen molar-refractivity contribution in [3.05, 3.63) is 70.8 Å². The van der Waals surface area contributed by atoms with Crippen LogP contribution in [0.2, 0.25) is 0 Å². The zero-order valence-electron chi connectivity index (χ0n) is 14.3. The molecule has 2 rings (SSSR count). The lowest BCUT2D eigenvalue weighted by molar-refractivity contribution is -0.137. The van der Waals surface area contributed by atoms with Crippen molar-refractivity contribution in [2.75, 3.05) is 12.8 Å². The molecule has 2 aromatic carbocycles. The summed E-state index contributed by atoms with van der Waals surface area (Å²) in [6.07, 6.45) is -3.31. The summed E-state index contributed by atoms with van der Waals surface area (Å²) in [6.45, 7) is -0.0415. The normalized spacial score (nSPS) is 11.4. The Balaban J connectivity index is 1.94. The van der Waals surface area contributed by atoms with Gasteiger partial charge in [-0.3, -0.25) is 4.79 Å². The van der Waals surface area contributed by atoms with E-state index in [1.165, 1.54) is 24.3 Å². The molecule has 2 aromatic rings. The van der Waals surface area contributed by atoms with Crippen LogP contribution >= 0.6 is 0 Å². The molecule has 1 amide bonds. The van der Waals surface area contributed by atoms with E-state index in [4.69, 9.17) is 0 Å². The topological polar surface area (TPSA) is 63.2 Å². The zero-order chi connectivity index (χ0) is 20.1. The summed E-state index contributed by atoms with van der Waals surface area (Å²) in [5, 5.41) is 2.53. The molecular weight excluding hydrogens is 379 g/mol. The highest BCUT2D eigenvalue weighted by Crippen LogP contribution is 2.29. The van der Waals surface area contributed by atoms with Crippen LogP contribution < -0.4 is 5.32 Å². The maximum Gasteiger partial charge on any atom is 0.416 e. The van der Waals surface area contributed by atoms with Crippen molar-refractivity contribution in [1.29, 1.82) is 0 Å². The first-order valence-electron chi connectivity index (χ1n) is 7.75. The fourth-order valence-corrected chi connectivity index (χ4v) is 3.00. The molecule has 0 spiro atoms. The van der Waals surface area contributed by atoms with Crippen molar-refractivity contribution in [2.24, 2.45) is 0 Å². The Hall–Kier alpha value is -2.79. The van der Waals surface area contributed by atoms with Gasteiger partial charge in [-0.1, -0.05) is 30.0 Å². The van der Waals surface area contributed by atoms with Crippen LogP contribution in [0.1, 0.15) is 27.0 Å². The predicted octanol–water partition coefficient (Wildman–Crippen LogP) is 3.03. The summed E-state index contributed by atoms with van der Waals surface area (Å²) in [7, 11) is -3.16. The minimum Gasteiger partial charge on any atom is -0.341 e. The molecule has 0 unspecified atom stereocenters. The van der Waals surface area contributed by atoms with Crippen molar-refractivity contribution < 1.29 is 26.4 Å². The average molecular weight is 395 g/mol. The van der Waals surface area contributed by atoms with E-state index in [0.29, 0.717) is 11.1 Å². The van der Waals surface area contributed by atoms with Gasteiger partial charge in [0, 0.05) is 17.4 Å². The summed E-state index contributed by atoms with van der Waals surface area (Å²) in [5.74, 6) is 4.63. The Morgan fingerprint density at radius 2 is 1.78 bits per heavy atom. The third-order valence-corrected chi connectivity index (χ3v) is 4.26. The number of rotatable bonds is 4. The largest absolute Gasteiger partial charge is 0.416 e. The molecule has 0 aromatic heterocycles. The summed E-state index contributed by atoms with van der Waals surface area (Å²) >= 11 is 0. The summed E-state index contributed by atoms with van der Waals surface area (Å²) < 4.78 is 60.4. The van der Waals surface area contributed by atoms with E-state index in [0.717, 1.165) is 18.4 Å². The van der Waals surface area contributed by atoms with E-state index < -0.39 is 27.5 Å². The highest BCUT2D eigenvalue weighted by Gasteiger charge is 2.30. The van der Waals surface area contributed by atoms with Crippen molar-refractivity contribution in [1.82, 2.24) is 5.32 Å². The lowest BCUT2D eigenvalue weighted by Gasteiger charge is -2.06. The van der Waals surface area contributed by atoms with Gasteiger partial charge in [-0.2, -0.15) is 13.2 Å². The van der Waals surface area contributed by atoms with E-state index in [-0.39, 0.29) is 17.9 Å². The lowest BCUT2D eigenvalue weighted by Crippen LogP contribution is -2.23. The van der Waals surface area contributed by atoms with Crippen LogP contribution in [0.4, 0.5) is 13.2 Å². The molecule has 0 atom stereocenters. The number of benzene rings is 2. The van der Waals surface area contributed by atoms with E-state index >= 15 is 0 Å². The molecule has 0 bridgehead atoms. The van der Waals surface area contributed by atoms with Crippen LogP contribution in [0, 0.1) is 11.8 Å². The Bertz CT molecular complexity index is 985. The van der Waals surface area contributed by atoms with E-state index in [2.05, 4.69) is 17.2 Å². The number of hydrogen-bond donors (Lipinski definition) is 1. The number of carbonyl (C=O) groups excluding carboxylic acids is 1. The first-order valence-corrected chi connectivity index (χ1v) is 9.82. The number of carbonyl (C=O) groups is 1. The molecule has 0 heterocycles. The maximum absolute atomic E-state index is 12.6.